The number of carbonyl (C=O) groups is 2. The number of aromatic nitrogens is 1. The van der Waals surface area contributed by atoms with Gasteiger partial charge in [0.2, 0.25) is 0 Å². The molecule has 2 aromatic rings. The number of amides is 2. The summed E-state index contributed by atoms with van der Waals surface area (Å²) in [6, 6.07) is 10.0. The van der Waals surface area contributed by atoms with E-state index in [-0.39, 0.29) is 0 Å². The summed E-state index contributed by atoms with van der Waals surface area (Å²) in [7, 11) is 1.54. The number of hydrogen-bond donors (Lipinski definition) is 2. The molecular formula is C15H14N4O3. The first kappa shape index (κ1) is 15.2. The van der Waals surface area contributed by atoms with Gasteiger partial charge in [0.15, 0.2) is 0 Å². The minimum Gasteiger partial charge on any atom is -0.497 e. The van der Waals surface area contributed by atoms with Crippen LogP contribution in [0.3, 0.4) is 0 Å². The summed E-state index contributed by atoms with van der Waals surface area (Å²) in [6.07, 6.45) is 4.61. The van der Waals surface area contributed by atoms with E-state index in [1.807, 2.05) is 0 Å². The number of methoxy groups -OCH3 is 1. The molecule has 112 valence electrons. The quantitative estimate of drug-likeness (QED) is 0.503. The predicted molar refractivity (Wildman–Crippen MR) is 81.6 cm³/mol. The lowest BCUT2D eigenvalue weighted by atomic mass is 10.3. The number of anilines is 1. The fourth-order valence-electron chi connectivity index (χ4n) is 1.53. The van der Waals surface area contributed by atoms with Crippen molar-refractivity contribution < 1.29 is 14.3 Å². The van der Waals surface area contributed by atoms with Gasteiger partial charge in [-0.1, -0.05) is 0 Å². The Labute approximate surface area is 127 Å². The monoisotopic (exact) mass is 298 g/mol. The van der Waals surface area contributed by atoms with Crippen LogP contribution in [-0.2, 0) is 9.59 Å². The minimum absolute atomic E-state index is 0.485. The Morgan fingerprint density at radius 3 is 2.41 bits per heavy atom. The van der Waals surface area contributed by atoms with Crippen molar-refractivity contribution in [1.29, 1.82) is 0 Å². The summed E-state index contributed by atoms with van der Waals surface area (Å²) >= 11 is 0. The van der Waals surface area contributed by atoms with Gasteiger partial charge in [-0.15, -0.1) is 0 Å². The van der Waals surface area contributed by atoms with Crippen LogP contribution in [0.2, 0.25) is 0 Å². The fraction of sp³-hybridized carbons (Fsp3) is 0.0667. The van der Waals surface area contributed by atoms with Crippen molar-refractivity contribution in [2.45, 2.75) is 0 Å². The lowest BCUT2D eigenvalue weighted by Gasteiger charge is -2.05. The van der Waals surface area contributed by atoms with Crippen molar-refractivity contribution in [3.63, 3.8) is 0 Å². The highest BCUT2D eigenvalue weighted by molar-refractivity contribution is 6.39. The first-order valence-corrected chi connectivity index (χ1v) is 6.37. The lowest BCUT2D eigenvalue weighted by Crippen LogP contribution is -2.32. The zero-order valence-corrected chi connectivity index (χ0v) is 11.8. The standard InChI is InChI=1S/C15H14N4O3/c1-22-13-4-2-12(3-5-13)18-14(20)15(21)19-17-10-11-6-8-16-9-7-11/h2-10H,1H3,(H,18,20)(H,19,21)/b17-10-. The van der Waals surface area contributed by atoms with Crippen molar-refractivity contribution in [3.05, 3.63) is 54.4 Å². The Morgan fingerprint density at radius 1 is 1.09 bits per heavy atom. The van der Waals surface area contributed by atoms with E-state index in [1.54, 1.807) is 55.9 Å². The normalized spacial score (nSPS) is 10.2. The number of nitrogens with one attached hydrogen (secondary N) is 2. The van der Waals surface area contributed by atoms with E-state index in [9.17, 15) is 9.59 Å². The summed E-state index contributed by atoms with van der Waals surface area (Å²) < 4.78 is 5.00. The lowest BCUT2D eigenvalue weighted by molar-refractivity contribution is -0.136. The molecule has 22 heavy (non-hydrogen) atoms. The maximum Gasteiger partial charge on any atom is 0.329 e. The number of rotatable bonds is 4. The van der Waals surface area contributed by atoms with Crippen molar-refractivity contribution in [1.82, 2.24) is 10.4 Å². The molecule has 0 radical (unpaired) electrons. The molecule has 7 heteroatoms. The molecule has 7 nitrogen and oxygen atoms in total. The molecule has 0 spiro atoms. The van der Waals surface area contributed by atoms with Crippen LogP contribution in [0.4, 0.5) is 5.69 Å². The highest BCUT2D eigenvalue weighted by atomic mass is 16.5. The maximum absolute atomic E-state index is 11.7. The molecule has 0 atom stereocenters. The van der Waals surface area contributed by atoms with E-state index in [0.29, 0.717) is 11.4 Å². The second-order valence-corrected chi connectivity index (χ2v) is 4.16. The molecule has 0 aliphatic rings. The number of pyridine rings is 1. The molecule has 0 saturated heterocycles. The molecule has 0 aliphatic heterocycles. The van der Waals surface area contributed by atoms with E-state index in [4.69, 9.17) is 4.74 Å². The first-order valence-electron chi connectivity index (χ1n) is 6.37. The van der Waals surface area contributed by atoms with Gasteiger partial charge in [-0.3, -0.25) is 14.6 Å². The molecule has 1 heterocycles. The van der Waals surface area contributed by atoms with Gasteiger partial charge in [0.05, 0.1) is 13.3 Å². The number of nitrogens with zero attached hydrogens (tertiary/aromatic N) is 2. The van der Waals surface area contributed by atoms with Crippen LogP contribution in [-0.4, -0.2) is 30.1 Å². The molecule has 0 unspecified atom stereocenters. The van der Waals surface area contributed by atoms with Crippen LogP contribution in [0.1, 0.15) is 5.56 Å². The number of ether oxygens (including phenoxy) is 1. The third kappa shape index (κ3) is 4.41. The van der Waals surface area contributed by atoms with Crippen LogP contribution in [0.5, 0.6) is 5.75 Å². The molecule has 0 fully saturated rings. The molecule has 0 bridgehead atoms. The van der Waals surface area contributed by atoms with Gasteiger partial charge in [0.1, 0.15) is 5.75 Å². The van der Waals surface area contributed by atoms with Gasteiger partial charge in [-0.2, -0.15) is 5.10 Å². The second kappa shape index (κ2) is 7.53. The average molecular weight is 298 g/mol. The van der Waals surface area contributed by atoms with Gasteiger partial charge in [0.25, 0.3) is 0 Å². The largest absolute Gasteiger partial charge is 0.497 e. The van der Waals surface area contributed by atoms with Crippen molar-refractivity contribution in [2.75, 3.05) is 12.4 Å². The summed E-state index contributed by atoms with van der Waals surface area (Å²) in [5.74, 6) is -1.01. The molecule has 1 aromatic carbocycles. The molecule has 0 saturated carbocycles. The van der Waals surface area contributed by atoms with Gasteiger partial charge in [-0.05, 0) is 42.0 Å². The number of hydrazone groups is 1. The zero-order chi connectivity index (χ0) is 15.8. The molecule has 2 amide bonds. The van der Waals surface area contributed by atoms with Crippen molar-refractivity contribution in [3.8, 4) is 5.75 Å². The molecule has 0 aliphatic carbocycles. The summed E-state index contributed by atoms with van der Waals surface area (Å²) in [5.41, 5.74) is 3.39. The van der Waals surface area contributed by atoms with E-state index in [0.717, 1.165) is 5.56 Å². The van der Waals surface area contributed by atoms with Crippen LogP contribution in [0.25, 0.3) is 0 Å². The fourth-order valence-corrected chi connectivity index (χ4v) is 1.53. The average Bonchev–Trinajstić information content (AvgIpc) is 2.56. The predicted octanol–water partition coefficient (Wildman–Crippen LogP) is 1.18. The summed E-state index contributed by atoms with van der Waals surface area (Å²) in [6.45, 7) is 0. The van der Waals surface area contributed by atoms with Crippen molar-refractivity contribution >= 4 is 23.7 Å². The Balaban J connectivity index is 1.86. The van der Waals surface area contributed by atoms with Crippen LogP contribution in [0.15, 0.2) is 53.9 Å². The van der Waals surface area contributed by atoms with Crippen LogP contribution < -0.4 is 15.5 Å². The highest BCUT2D eigenvalue weighted by Gasteiger charge is 2.12. The summed E-state index contributed by atoms with van der Waals surface area (Å²) in [5, 5.41) is 6.15. The molecule has 2 rings (SSSR count). The molecule has 1 aromatic heterocycles. The molecule has 2 N–H and O–H groups in total. The SMILES string of the molecule is COc1ccc(NC(=O)C(=O)N/N=C\c2ccncc2)cc1. The van der Waals surface area contributed by atoms with E-state index in [1.165, 1.54) is 6.21 Å². The van der Waals surface area contributed by atoms with Gasteiger partial charge in [0, 0.05) is 18.1 Å². The smallest absolute Gasteiger partial charge is 0.329 e. The molecular weight excluding hydrogens is 284 g/mol. The summed E-state index contributed by atoms with van der Waals surface area (Å²) in [4.78, 5) is 27.1. The van der Waals surface area contributed by atoms with Crippen LogP contribution >= 0.6 is 0 Å². The Kier molecular flexibility index (Phi) is 5.20. The van der Waals surface area contributed by atoms with Gasteiger partial charge >= 0.3 is 11.8 Å². The Hall–Kier alpha value is -3.22. The number of benzene rings is 1. The third-order valence-electron chi connectivity index (χ3n) is 2.64. The van der Waals surface area contributed by atoms with Gasteiger partial charge < -0.3 is 10.1 Å². The minimum atomic E-state index is -0.860. The van der Waals surface area contributed by atoms with E-state index >= 15 is 0 Å². The highest BCUT2D eigenvalue weighted by Crippen LogP contribution is 2.14. The van der Waals surface area contributed by atoms with Gasteiger partial charge in [-0.25, -0.2) is 5.43 Å². The number of carbonyl (C=O) groups excluding carboxylic acids is 2. The third-order valence-corrected chi connectivity index (χ3v) is 2.64. The topological polar surface area (TPSA) is 92.7 Å². The second-order valence-electron chi connectivity index (χ2n) is 4.16. The number of hydrogen-bond acceptors (Lipinski definition) is 5. The first-order chi connectivity index (χ1) is 10.7. The van der Waals surface area contributed by atoms with Crippen LogP contribution in [0, 0.1) is 0 Å². The van der Waals surface area contributed by atoms with E-state index in [2.05, 4.69) is 20.8 Å². The Bertz CT molecular complexity index is 669. The maximum atomic E-state index is 11.7. The van der Waals surface area contributed by atoms with E-state index < -0.39 is 11.8 Å². The Morgan fingerprint density at radius 2 is 1.77 bits per heavy atom. The van der Waals surface area contributed by atoms with Crippen molar-refractivity contribution in [2.24, 2.45) is 5.10 Å². The zero-order valence-electron chi connectivity index (χ0n) is 11.8.